The lowest BCUT2D eigenvalue weighted by molar-refractivity contribution is 0.111. The molecule has 5 nitrogen and oxygen atoms in total. The van der Waals surface area contributed by atoms with Crippen LogP contribution in [0, 0.1) is 17.1 Å². The molecule has 0 atom stereocenters. The molecular formula is C20H25N5S. The number of hydrogen-bond donors (Lipinski definition) is 0. The van der Waals surface area contributed by atoms with Crippen LogP contribution in [0.5, 0.6) is 0 Å². The lowest BCUT2D eigenvalue weighted by atomic mass is 10.2. The molecule has 2 aromatic rings. The third-order valence-corrected chi connectivity index (χ3v) is 5.62. The van der Waals surface area contributed by atoms with Gasteiger partial charge >= 0.3 is 0 Å². The zero-order chi connectivity index (χ0) is 17.9. The number of aromatic nitrogens is 3. The Morgan fingerprint density at radius 3 is 2.42 bits per heavy atom. The summed E-state index contributed by atoms with van der Waals surface area (Å²) in [6, 6.07) is 10.5. The standard InChI is InChI=1S/C20H25N5S/c1-2-10-22-11-13-23(14-12-22)16-25-20(26)24(19(21-25)18-8-9-18)15-17-6-4-3-5-7-17/h1,3-7,18H,8-16H2. The highest BCUT2D eigenvalue weighted by Crippen LogP contribution is 2.39. The molecule has 0 bridgehead atoms. The molecule has 136 valence electrons. The summed E-state index contributed by atoms with van der Waals surface area (Å²) in [7, 11) is 0. The van der Waals surface area contributed by atoms with E-state index in [1.165, 1.54) is 18.4 Å². The van der Waals surface area contributed by atoms with Gasteiger partial charge in [0.15, 0.2) is 4.77 Å². The van der Waals surface area contributed by atoms with Gasteiger partial charge in [-0.05, 0) is 30.6 Å². The molecule has 2 heterocycles. The normalized spacial score (nSPS) is 18.7. The summed E-state index contributed by atoms with van der Waals surface area (Å²) in [5.41, 5.74) is 1.27. The SMILES string of the molecule is C#CCN1CCN(Cn2nc(C3CC3)n(Cc3ccccc3)c2=S)CC1. The van der Waals surface area contributed by atoms with E-state index in [1.54, 1.807) is 0 Å². The first kappa shape index (κ1) is 17.5. The number of piperazine rings is 1. The molecule has 2 aliphatic rings. The van der Waals surface area contributed by atoms with Crippen molar-refractivity contribution >= 4 is 12.2 Å². The third kappa shape index (κ3) is 3.90. The zero-order valence-electron chi connectivity index (χ0n) is 15.0. The summed E-state index contributed by atoms with van der Waals surface area (Å²) in [6.07, 6.45) is 7.87. The Kier molecular flexibility index (Phi) is 5.21. The minimum atomic E-state index is 0.578. The van der Waals surface area contributed by atoms with Crippen molar-refractivity contribution < 1.29 is 0 Å². The molecule has 6 heteroatoms. The average molecular weight is 368 g/mol. The highest BCUT2D eigenvalue weighted by atomic mass is 32.1. The molecule has 2 fully saturated rings. The van der Waals surface area contributed by atoms with Crippen molar-refractivity contribution in [1.29, 1.82) is 0 Å². The monoisotopic (exact) mass is 367 g/mol. The van der Waals surface area contributed by atoms with E-state index in [4.69, 9.17) is 23.7 Å². The molecule has 1 aliphatic carbocycles. The molecule has 1 aromatic carbocycles. The van der Waals surface area contributed by atoms with Crippen molar-refractivity contribution in [2.45, 2.75) is 32.0 Å². The molecule has 1 aliphatic heterocycles. The summed E-state index contributed by atoms with van der Waals surface area (Å²) in [5.74, 6) is 4.47. The Morgan fingerprint density at radius 1 is 1.08 bits per heavy atom. The number of benzene rings is 1. The number of rotatable bonds is 6. The van der Waals surface area contributed by atoms with Crippen LogP contribution in [0.3, 0.4) is 0 Å². The van der Waals surface area contributed by atoms with Gasteiger partial charge in [0.25, 0.3) is 0 Å². The van der Waals surface area contributed by atoms with Crippen LogP contribution in [0.4, 0.5) is 0 Å². The smallest absolute Gasteiger partial charge is 0.199 e. The van der Waals surface area contributed by atoms with E-state index >= 15 is 0 Å². The van der Waals surface area contributed by atoms with Gasteiger partial charge in [0, 0.05) is 32.1 Å². The van der Waals surface area contributed by atoms with Gasteiger partial charge in [0.1, 0.15) is 5.82 Å². The van der Waals surface area contributed by atoms with Crippen molar-refractivity contribution in [3.8, 4) is 12.3 Å². The highest BCUT2D eigenvalue weighted by molar-refractivity contribution is 7.71. The van der Waals surface area contributed by atoms with E-state index < -0.39 is 0 Å². The topological polar surface area (TPSA) is 29.2 Å². The van der Waals surface area contributed by atoms with Gasteiger partial charge in [-0.1, -0.05) is 36.3 Å². The second kappa shape index (κ2) is 7.75. The lowest BCUT2D eigenvalue weighted by Crippen LogP contribution is -2.46. The van der Waals surface area contributed by atoms with E-state index in [-0.39, 0.29) is 0 Å². The first-order valence-corrected chi connectivity index (χ1v) is 9.75. The second-order valence-corrected chi connectivity index (χ2v) is 7.59. The maximum absolute atomic E-state index is 5.79. The zero-order valence-corrected chi connectivity index (χ0v) is 15.9. The van der Waals surface area contributed by atoms with E-state index in [0.29, 0.717) is 5.92 Å². The predicted octanol–water partition coefficient (Wildman–Crippen LogP) is 2.55. The Labute approximate surface area is 160 Å². The van der Waals surface area contributed by atoms with E-state index in [9.17, 15) is 0 Å². The molecule has 1 aromatic heterocycles. The molecule has 0 unspecified atom stereocenters. The van der Waals surface area contributed by atoms with Gasteiger partial charge in [-0.25, -0.2) is 4.68 Å². The maximum Gasteiger partial charge on any atom is 0.199 e. The molecule has 0 amide bonds. The van der Waals surface area contributed by atoms with Gasteiger partial charge in [0.05, 0.1) is 19.8 Å². The summed E-state index contributed by atoms with van der Waals surface area (Å²) in [5, 5.41) is 4.91. The van der Waals surface area contributed by atoms with Crippen molar-refractivity contribution in [1.82, 2.24) is 24.1 Å². The van der Waals surface area contributed by atoms with Crippen LogP contribution in [0.2, 0.25) is 0 Å². The van der Waals surface area contributed by atoms with Crippen molar-refractivity contribution in [2.24, 2.45) is 0 Å². The summed E-state index contributed by atoms with van der Waals surface area (Å²) < 4.78 is 5.08. The fraction of sp³-hybridized carbons (Fsp3) is 0.500. The second-order valence-electron chi connectivity index (χ2n) is 7.23. The molecule has 1 saturated carbocycles. The number of nitrogens with zero attached hydrogens (tertiary/aromatic N) is 5. The Balaban J connectivity index is 1.50. The van der Waals surface area contributed by atoms with Gasteiger partial charge in [-0.15, -0.1) is 6.42 Å². The minimum Gasteiger partial charge on any atom is -0.299 e. The molecule has 0 radical (unpaired) electrons. The van der Waals surface area contributed by atoms with Gasteiger partial charge in [-0.3, -0.25) is 14.4 Å². The molecule has 0 spiro atoms. The minimum absolute atomic E-state index is 0.578. The van der Waals surface area contributed by atoms with Gasteiger partial charge < -0.3 is 0 Å². The molecule has 1 saturated heterocycles. The van der Waals surface area contributed by atoms with Gasteiger partial charge in [-0.2, -0.15) is 5.10 Å². The molecule has 26 heavy (non-hydrogen) atoms. The quantitative estimate of drug-likeness (QED) is 0.580. The maximum atomic E-state index is 5.79. The average Bonchev–Trinajstić information content (AvgIpc) is 3.46. The summed E-state index contributed by atoms with van der Waals surface area (Å²) >= 11 is 5.79. The third-order valence-electron chi connectivity index (χ3n) is 5.19. The molecular weight excluding hydrogens is 342 g/mol. The summed E-state index contributed by atoms with van der Waals surface area (Å²) in [6.45, 7) is 6.35. The number of hydrogen-bond acceptors (Lipinski definition) is 4. The number of terminal acetylenes is 1. The fourth-order valence-electron chi connectivity index (χ4n) is 3.52. The molecule has 4 rings (SSSR count). The largest absolute Gasteiger partial charge is 0.299 e. The van der Waals surface area contributed by atoms with Crippen LogP contribution in [-0.4, -0.2) is 56.9 Å². The Bertz CT molecular complexity index is 835. The Morgan fingerprint density at radius 2 is 1.77 bits per heavy atom. The van der Waals surface area contributed by atoms with Crippen molar-refractivity contribution in [2.75, 3.05) is 32.7 Å². The highest BCUT2D eigenvalue weighted by Gasteiger charge is 2.30. The first-order chi connectivity index (χ1) is 12.7. The molecule has 0 N–H and O–H groups in total. The van der Waals surface area contributed by atoms with E-state index in [2.05, 4.69) is 44.6 Å². The predicted molar refractivity (Wildman–Crippen MR) is 105 cm³/mol. The van der Waals surface area contributed by atoms with Crippen LogP contribution in [-0.2, 0) is 13.2 Å². The van der Waals surface area contributed by atoms with Crippen LogP contribution in [0.25, 0.3) is 0 Å². The Hall–Kier alpha value is -1.94. The summed E-state index contributed by atoms with van der Waals surface area (Å²) in [4.78, 5) is 4.73. The first-order valence-electron chi connectivity index (χ1n) is 9.34. The van der Waals surface area contributed by atoms with Crippen LogP contribution in [0.15, 0.2) is 30.3 Å². The van der Waals surface area contributed by atoms with E-state index in [1.807, 2.05) is 10.7 Å². The van der Waals surface area contributed by atoms with Crippen LogP contribution in [0.1, 0.15) is 30.1 Å². The lowest BCUT2D eigenvalue weighted by Gasteiger charge is -2.33. The van der Waals surface area contributed by atoms with Gasteiger partial charge in [0.2, 0.25) is 0 Å². The van der Waals surface area contributed by atoms with Crippen molar-refractivity contribution in [3.05, 3.63) is 46.5 Å². The van der Waals surface area contributed by atoms with Crippen molar-refractivity contribution in [3.63, 3.8) is 0 Å². The van der Waals surface area contributed by atoms with E-state index in [0.717, 1.165) is 56.5 Å². The van der Waals surface area contributed by atoms with Crippen LogP contribution >= 0.6 is 12.2 Å². The van der Waals surface area contributed by atoms with Crippen LogP contribution < -0.4 is 0 Å². The fourth-order valence-corrected chi connectivity index (χ4v) is 3.77.